The molecule has 2 aliphatic rings. The van der Waals surface area contributed by atoms with E-state index in [4.69, 9.17) is 0 Å². The van der Waals surface area contributed by atoms with Gasteiger partial charge in [-0.25, -0.2) is 0 Å². The quantitative estimate of drug-likeness (QED) is 0.757. The van der Waals surface area contributed by atoms with Gasteiger partial charge in [-0.05, 0) is 65.8 Å². The number of rotatable bonds is 5. The van der Waals surface area contributed by atoms with Crippen molar-refractivity contribution in [1.82, 2.24) is 15.1 Å². The average molecular weight is 225 g/mol. The Morgan fingerprint density at radius 3 is 2.81 bits per heavy atom. The number of hydrogen-bond acceptors (Lipinski definition) is 3. The van der Waals surface area contributed by atoms with E-state index in [2.05, 4.69) is 29.2 Å². The van der Waals surface area contributed by atoms with Gasteiger partial charge in [-0.15, -0.1) is 0 Å². The SMILES string of the molecule is CN(C)C1CCN(CCCC2CCCN2)C1. The fourth-order valence-corrected chi connectivity index (χ4v) is 3.00. The highest BCUT2D eigenvalue weighted by atomic mass is 15.2. The number of nitrogens with zero attached hydrogens (tertiary/aromatic N) is 2. The fraction of sp³-hybridized carbons (Fsp3) is 1.00. The second kappa shape index (κ2) is 5.99. The van der Waals surface area contributed by atoms with Gasteiger partial charge in [0.2, 0.25) is 0 Å². The smallest absolute Gasteiger partial charge is 0.0229 e. The molecule has 2 heterocycles. The van der Waals surface area contributed by atoms with Gasteiger partial charge in [0.15, 0.2) is 0 Å². The van der Waals surface area contributed by atoms with Crippen molar-refractivity contribution in [2.45, 2.75) is 44.2 Å². The van der Waals surface area contributed by atoms with Crippen LogP contribution < -0.4 is 5.32 Å². The van der Waals surface area contributed by atoms with Crippen LogP contribution in [0.15, 0.2) is 0 Å². The monoisotopic (exact) mass is 225 g/mol. The number of likely N-dealkylation sites (N-methyl/N-ethyl adjacent to an activating group) is 1. The van der Waals surface area contributed by atoms with Gasteiger partial charge in [-0.1, -0.05) is 0 Å². The van der Waals surface area contributed by atoms with Crippen LogP contribution in [0.2, 0.25) is 0 Å². The Bertz CT molecular complexity index is 199. The summed E-state index contributed by atoms with van der Waals surface area (Å²) in [6.07, 6.45) is 6.90. The topological polar surface area (TPSA) is 18.5 Å². The third kappa shape index (κ3) is 3.44. The molecule has 94 valence electrons. The predicted molar refractivity (Wildman–Crippen MR) is 68.8 cm³/mol. The van der Waals surface area contributed by atoms with Gasteiger partial charge in [0.25, 0.3) is 0 Å². The molecule has 0 aromatic carbocycles. The highest BCUT2D eigenvalue weighted by Gasteiger charge is 2.23. The summed E-state index contributed by atoms with van der Waals surface area (Å²) in [7, 11) is 4.41. The predicted octanol–water partition coefficient (Wildman–Crippen LogP) is 1.15. The third-order valence-electron chi connectivity index (χ3n) is 4.17. The molecule has 0 amide bonds. The van der Waals surface area contributed by atoms with E-state index in [0.717, 1.165) is 12.1 Å². The van der Waals surface area contributed by atoms with E-state index in [1.54, 1.807) is 0 Å². The maximum Gasteiger partial charge on any atom is 0.0229 e. The van der Waals surface area contributed by atoms with Crippen molar-refractivity contribution in [3.63, 3.8) is 0 Å². The van der Waals surface area contributed by atoms with E-state index in [1.807, 2.05) is 0 Å². The Morgan fingerprint density at radius 1 is 1.31 bits per heavy atom. The minimum absolute atomic E-state index is 0.796. The normalized spacial score (nSPS) is 31.7. The molecule has 2 atom stereocenters. The summed E-state index contributed by atoms with van der Waals surface area (Å²) in [5.74, 6) is 0. The number of likely N-dealkylation sites (tertiary alicyclic amines) is 1. The van der Waals surface area contributed by atoms with Crippen LogP contribution in [0.25, 0.3) is 0 Å². The molecule has 0 aliphatic carbocycles. The Hall–Kier alpha value is -0.120. The molecule has 0 bridgehead atoms. The van der Waals surface area contributed by atoms with Crippen LogP contribution in [-0.4, -0.2) is 62.2 Å². The van der Waals surface area contributed by atoms with Crippen LogP contribution >= 0.6 is 0 Å². The van der Waals surface area contributed by atoms with Crippen LogP contribution in [0.1, 0.15) is 32.1 Å². The summed E-state index contributed by atoms with van der Waals surface area (Å²) in [4.78, 5) is 5.01. The van der Waals surface area contributed by atoms with Crippen molar-refractivity contribution in [1.29, 1.82) is 0 Å². The minimum atomic E-state index is 0.796. The Labute approximate surface area is 100 Å². The van der Waals surface area contributed by atoms with Gasteiger partial charge < -0.3 is 15.1 Å². The molecule has 16 heavy (non-hydrogen) atoms. The first kappa shape index (κ1) is 12.3. The van der Waals surface area contributed by atoms with Crippen LogP contribution in [0.3, 0.4) is 0 Å². The summed E-state index contributed by atoms with van der Waals surface area (Å²) in [6.45, 7) is 5.14. The van der Waals surface area contributed by atoms with Gasteiger partial charge in [-0.3, -0.25) is 0 Å². The van der Waals surface area contributed by atoms with Crippen molar-refractivity contribution in [2.75, 3.05) is 40.3 Å². The van der Waals surface area contributed by atoms with E-state index >= 15 is 0 Å². The largest absolute Gasteiger partial charge is 0.314 e. The van der Waals surface area contributed by atoms with Crippen LogP contribution in [0.4, 0.5) is 0 Å². The maximum absolute atomic E-state index is 3.58. The number of nitrogens with one attached hydrogen (secondary N) is 1. The van der Waals surface area contributed by atoms with Crippen LogP contribution in [0.5, 0.6) is 0 Å². The Kier molecular flexibility index (Phi) is 4.62. The van der Waals surface area contributed by atoms with E-state index in [0.29, 0.717) is 0 Å². The fourth-order valence-electron chi connectivity index (χ4n) is 3.00. The van der Waals surface area contributed by atoms with E-state index in [1.165, 1.54) is 58.3 Å². The molecule has 2 fully saturated rings. The lowest BCUT2D eigenvalue weighted by Gasteiger charge is -2.20. The lowest BCUT2D eigenvalue weighted by Crippen LogP contribution is -2.32. The molecule has 2 unspecified atom stereocenters. The van der Waals surface area contributed by atoms with Crippen LogP contribution in [-0.2, 0) is 0 Å². The minimum Gasteiger partial charge on any atom is -0.314 e. The zero-order valence-electron chi connectivity index (χ0n) is 10.9. The molecule has 1 N–H and O–H groups in total. The summed E-state index contributed by atoms with van der Waals surface area (Å²) in [5, 5.41) is 3.58. The first-order chi connectivity index (χ1) is 7.75. The molecule has 2 aliphatic heterocycles. The molecule has 3 nitrogen and oxygen atoms in total. The molecule has 0 radical (unpaired) electrons. The van der Waals surface area contributed by atoms with Crippen molar-refractivity contribution in [2.24, 2.45) is 0 Å². The van der Waals surface area contributed by atoms with E-state index in [9.17, 15) is 0 Å². The first-order valence-electron chi connectivity index (χ1n) is 6.88. The second-order valence-corrected chi connectivity index (χ2v) is 5.64. The van der Waals surface area contributed by atoms with Gasteiger partial charge in [-0.2, -0.15) is 0 Å². The first-order valence-corrected chi connectivity index (χ1v) is 6.88. The molecule has 0 aromatic rings. The molecule has 0 aromatic heterocycles. The molecular weight excluding hydrogens is 198 g/mol. The summed E-state index contributed by atoms with van der Waals surface area (Å²) < 4.78 is 0. The van der Waals surface area contributed by atoms with Crippen LogP contribution in [0, 0.1) is 0 Å². The average Bonchev–Trinajstić information content (AvgIpc) is 2.87. The molecule has 2 saturated heterocycles. The van der Waals surface area contributed by atoms with Gasteiger partial charge in [0.1, 0.15) is 0 Å². The van der Waals surface area contributed by atoms with Gasteiger partial charge in [0, 0.05) is 18.6 Å². The zero-order chi connectivity index (χ0) is 11.4. The van der Waals surface area contributed by atoms with E-state index in [-0.39, 0.29) is 0 Å². The van der Waals surface area contributed by atoms with Crippen molar-refractivity contribution >= 4 is 0 Å². The molecule has 2 rings (SSSR count). The standard InChI is InChI=1S/C13H27N3/c1-15(2)13-7-10-16(11-13)9-4-6-12-5-3-8-14-12/h12-14H,3-11H2,1-2H3. The Morgan fingerprint density at radius 2 is 2.19 bits per heavy atom. The zero-order valence-corrected chi connectivity index (χ0v) is 10.9. The van der Waals surface area contributed by atoms with E-state index < -0.39 is 0 Å². The molecule has 0 spiro atoms. The third-order valence-corrected chi connectivity index (χ3v) is 4.17. The lowest BCUT2D eigenvalue weighted by molar-refractivity contribution is 0.264. The van der Waals surface area contributed by atoms with Crippen molar-refractivity contribution in [3.8, 4) is 0 Å². The van der Waals surface area contributed by atoms with Gasteiger partial charge in [0.05, 0.1) is 0 Å². The molecule has 0 saturated carbocycles. The van der Waals surface area contributed by atoms with Gasteiger partial charge >= 0.3 is 0 Å². The molecule has 3 heteroatoms. The highest BCUT2D eigenvalue weighted by Crippen LogP contribution is 2.15. The van der Waals surface area contributed by atoms with Crippen molar-refractivity contribution in [3.05, 3.63) is 0 Å². The van der Waals surface area contributed by atoms with Crippen molar-refractivity contribution < 1.29 is 0 Å². The highest BCUT2D eigenvalue weighted by molar-refractivity contribution is 4.81. The second-order valence-electron chi connectivity index (χ2n) is 5.64. The summed E-state index contributed by atoms with van der Waals surface area (Å²) >= 11 is 0. The maximum atomic E-state index is 3.58. The Balaban J connectivity index is 1.57. The lowest BCUT2D eigenvalue weighted by atomic mass is 10.1. The molecular formula is C13H27N3. The summed E-state index contributed by atoms with van der Waals surface area (Å²) in [5.41, 5.74) is 0. The summed E-state index contributed by atoms with van der Waals surface area (Å²) in [6, 6.07) is 1.62. The number of hydrogen-bond donors (Lipinski definition) is 1.